The molecule has 24 heavy (non-hydrogen) atoms. The van der Waals surface area contributed by atoms with Gasteiger partial charge in [-0.2, -0.15) is 0 Å². The van der Waals surface area contributed by atoms with Crippen LogP contribution in [0.5, 0.6) is 0 Å². The third-order valence-electron chi connectivity index (χ3n) is 3.98. The van der Waals surface area contributed by atoms with Gasteiger partial charge in [0, 0.05) is 13.0 Å². The average Bonchev–Trinajstić information content (AvgIpc) is 2.48. The zero-order chi connectivity index (χ0) is 17.0. The van der Waals surface area contributed by atoms with E-state index in [4.69, 9.17) is 4.74 Å². The predicted molar refractivity (Wildman–Crippen MR) is 87.9 cm³/mol. The van der Waals surface area contributed by atoms with Crippen molar-refractivity contribution in [2.75, 3.05) is 13.2 Å². The molecule has 2 amide bonds. The SMILES string of the molecule is CCOC(=O)C1C(=O)N(CCc2ccc(F)cc2)C(=O)CC1C.[NaH]. The molecular weight excluding hydrogens is 324 g/mol. The fraction of sp³-hybridized carbons (Fsp3) is 0.471. The van der Waals surface area contributed by atoms with Gasteiger partial charge in [-0.05, 0) is 37.0 Å². The third-order valence-corrected chi connectivity index (χ3v) is 3.98. The molecule has 0 radical (unpaired) electrons. The molecule has 2 rings (SSSR count). The summed E-state index contributed by atoms with van der Waals surface area (Å²) >= 11 is 0. The molecule has 0 aliphatic carbocycles. The van der Waals surface area contributed by atoms with Crippen LogP contribution in [0.3, 0.4) is 0 Å². The quantitative estimate of drug-likeness (QED) is 0.349. The molecule has 0 spiro atoms. The molecule has 0 aromatic heterocycles. The molecular formula is C17H21FNNaO4. The third kappa shape index (κ3) is 4.88. The number of amides is 2. The molecule has 1 heterocycles. The van der Waals surface area contributed by atoms with Crippen LogP contribution in [-0.4, -0.2) is 65.4 Å². The van der Waals surface area contributed by atoms with Gasteiger partial charge in [-0.1, -0.05) is 19.1 Å². The molecule has 2 atom stereocenters. The van der Waals surface area contributed by atoms with Gasteiger partial charge in [-0.25, -0.2) is 4.39 Å². The van der Waals surface area contributed by atoms with Crippen LogP contribution in [0.4, 0.5) is 4.39 Å². The number of carbonyl (C=O) groups is 3. The summed E-state index contributed by atoms with van der Waals surface area (Å²) in [5.41, 5.74) is 0.818. The van der Waals surface area contributed by atoms with Gasteiger partial charge in [0.25, 0.3) is 0 Å². The van der Waals surface area contributed by atoms with Gasteiger partial charge in [0.15, 0.2) is 0 Å². The van der Waals surface area contributed by atoms with E-state index in [0.29, 0.717) is 6.42 Å². The summed E-state index contributed by atoms with van der Waals surface area (Å²) in [7, 11) is 0. The molecule has 0 saturated carbocycles. The molecule has 2 unspecified atom stereocenters. The van der Waals surface area contributed by atoms with Crippen LogP contribution in [-0.2, 0) is 25.5 Å². The number of benzene rings is 1. The molecule has 1 aromatic carbocycles. The van der Waals surface area contributed by atoms with Crippen LogP contribution in [0.1, 0.15) is 25.8 Å². The van der Waals surface area contributed by atoms with Crippen molar-refractivity contribution >= 4 is 47.3 Å². The summed E-state index contributed by atoms with van der Waals surface area (Å²) in [4.78, 5) is 37.7. The number of nitrogens with zero attached hydrogens (tertiary/aromatic N) is 1. The number of ether oxygens (including phenoxy) is 1. The summed E-state index contributed by atoms with van der Waals surface area (Å²) in [5.74, 6) is -3.00. The first-order chi connectivity index (χ1) is 10.9. The summed E-state index contributed by atoms with van der Waals surface area (Å²) < 4.78 is 17.8. The van der Waals surface area contributed by atoms with Gasteiger partial charge in [0.2, 0.25) is 11.8 Å². The Balaban J connectivity index is 0.00000288. The Bertz CT molecular complexity index is 605. The van der Waals surface area contributed by atoms with E-state index in [1.165, 1.54) is 12.1 Å². The van der Waals surface area contributed by atoms with Crippen LogP contribution < -0.4 is 0 Å². The molecule has 0 N–H and O–H groups in total. The van der Waals surface area contributed by atoms with Crippen molar-refractivity contribution in [1.82, 2.24) is 4.90 Å². The maximum absolute atomic E-state index is 12.9. The molecule has 1 aliphatic rings. The standard InChI is InChI=1S/C17H20FNO4.Na.H/c1-3-23-17(22)15-11(2)10-14(20)19(16(15)21)9-8-12-4-6-13(18)7-5-12;;/h4-7,11,15H,3,8-10H2,1-2H3;;. The summed E-state index contributed by atoms with van der Waals surface area (Å²) in [6.07, 6.45) is 0.556. The Morgan fingerprint density at radius 1 is 1.29 bits per heavy atom. The van der Waals surface area contributed by atoms with Crippen LogP contribution in [0.25, 0.3) is 0 Å². The Morgan fingerprint density at radius 2 is 1.92 bits per heavy atom. The van der Waals surface area contributed by atoms with Crippen molar-refractivity contribution in [3.05, 3.63) is 35.6 Å². The van der Waals surface area contributed by atoms with Gasteiger partial charge < -0.3 is 4.74 Å². The van der Waals surface area contributed by atoms with Crippen molar-refractivity contribution in [2.45, 2.75) is 26.7 Å². The van der Waals surface area contributed by atoms with Crippen molar-refractivity contribution in [3.8, 4) is 0 Å². The number of piperidine rings is 1. The molecule has 1 fully saturated rings. The van der Waals surface area contributed by atoms with Gasteiger partial charge in [0.05, 0.1) is 6.61 Å². The number of halogens is 1. The fourth-order valence-corrected chi connectivity index (χ4v) is 2.73. The normalized spacial score (nSPS) is 20.5. The monoisotopic (exact) mass is 345 g/mol. The van der Waals surface area contributed by atoms with E-state index in [0.717, 1.165) is 10.5 Å². The van der Waals surface area contributed by atoms with Crippen molar-refractivity contribution in [2.24, 2.45) is 11.8 Å². The number of hydrogen-bond acceptors (Lipinski definition) is 4. The maximum atomic E-state index is 12.9. The first kappa shape index (κ1) is 20.8. The summed E-state index contributed by atoms with van der Waals surface area (Å²) in [6.45, 7) is 3.74. The second-order valence-corrected chi connectivity index (χ2v) is 5.67. The Labute approximate surface area is 162 Å². The van der Waals surface area contributed by atoms with E-state index in [9.17, 15) is 18.8 Å². The topological polar surface area (TPSA) is 63.7 Å². The van der Waals surface area contributed by atoms with E-state index in [-0.39, 0.29) is 66.8 Å². The van der Waals surface area contributed by atoms with Crippen LogP contribution in [0.15, 0.2) is 24.3 Å². The summed E-state index contributed by atoms with van der Waals surface area (Å²) in [5, 5.41) is 0. The van der Waals surface area contributed by atoms with Crippen LogP contribution >= 0.6 is 0 Å². The van der Waals surface area contributed by atoms with Crippen molar-refractivity contribution in [1.29, 1.82) is 0 Å². The Kier molecular flexibility index (Phi) is 8.06. The molecule has 1 aliphatic heterocycles. The molecule has 5 nitrogen and oxygen atoms in total. The molecule has 1 aromatic rings. The van der Waals surface area contributed by atoms with E-state index in [1.54, 1.807) is 26.0 Å². The minimum absolute atomic E-state index is 0. The van der Waals surface area contributed by atoms with Crippen molar-refractivity contribution < 1.29 is 23.5 Å². The number of likely N-dealkylation sites (tertiary alicyclic amines) is 1. The van der Waals surface area contributed by atoms with Crippen molar-refractivity contribution in [3.63, 3.8) is 0 Å². The first-order valence-electron chi connectivity index (χ1n) is 7.69. The first-order valence-corrected chi connectivity index (χ1v) is 7.69. The zero-order valence-corrected chi connectivity index (χ0v) is 13.3. The Morgan fingerprint density at radius 3 is 2.50 bits per heavy atom. The number of imide groups is 1. The average molecular weight is 345 g/mol. The number of hydrogen-bond donors (Lipinski definition) is 0. The minimum atomic E-state index is -0.930. The van der Waals surface area contributed by atoms with E-state index >= 15 is 0 Å². The van der Waals surface area contributed by atoms with E-state index < -0.39 is 17.8 Å². The predicted octanol–water partition coefficient (Wildman–Crippen LogP) is 1.29. The molecule has 126 valence electrons. The number of esters is 1. The molecule has 7 heteroatoms. The van der Waals surface area contributed by atoms with Gasteiger partial charge in [-0.3, -0.25) is 19.3 Å². The van der Waals surface area contributed by atoms with E-state index in [2.05, 4.69) is 0 Å². The fourth-order valence-electron chi connectivity index (χ4n) is 2.73. The zero-order valence-electron chi connectivity index (χ0n) is 13.3. The van der Waals surface area contributed by atoms with Gasteiger partial charge >= 0.3 is 35.5 Å². The van der Waals surface area contributed by atoms with E-state index in [1.807, 2.05) is 0 Å². The molecule has 0 bridgehead atoms. The van der Waals surface area contributed by atoms with Crippen LogP contribution in [0.2, 0.25) is 0 Å². The number of rotatable bonds is 5. The summed E-state index contributed by atoms with van der Waals surface area (Å²) in [6, 6.07) is 5.89. The second-order valence-electron chi connectivity index (χ2n) is 5.67. The second kappa shape index (κ2) is 9.30. The Hall–Kier alpha value is -1.24. The van der Waals surface area contributed by atoms with Gasteiger partial charge in [0.1, 0.15) is 11.7 Å². The van der Waals surface area contributed by atoms with Gasteiger partial charge in [-0.15, -0.1) is 0 Å². The molecule has 1 saturated heterocycles. The number of carbonyl (C=O) groups excluding carboxylic acids is 3. The van der Waals surface area contributed by atoms with Crippen LogP contribution in [0, 0.1) is 17.7 Å².